The SMILES string of the molecule is CCOc1ccccc1NC(=O)NC[C@@H](O)c1ccccc1F. The summed E-state index contributed by atoms with van der Waals surface area (Å²) in [5, 5.41) is 15.1. The van der Waals surface area contributed by atoms with Crippen LogP contribution in [-0.2, 0) is 0 Å². The first-order valence-corrected chi connectivity index (χ1v) is 7.31. The van der Waals surface area contributed by atoms with E-state index in [1.165, 1.54) is 18.2 Å². The first kappa shape index (κ1) is 16.8. The summed E-state index contributed by atoms with van der Waals surface area (Å²) in [4.78, 5) is 11.9. The second-order valence-corrected chi connectivity index (χ2v) is 4.80. The molecule has 1 atom stereocenters. The number of urea groups is 1. The Morgan fingerprint density at radius 1 is 1.22 bits per heavy atom. The Morgan fingerprint density at radius 3 is 2.65 bits per heavy atom. The number of hydrogen-bond donors (Lipinski definition) is 3. The molecule has 3 N–H and O–H groups in total. The summed E-state index contributed by atoms with van der Waals surface area (Å²) < 4.78 is 19.0. The van der Waals surface area contributed by atoms with Gasteiger partial charge >= 0.3 is 6.03 Å². The lowest BCUT2D eigenvalue weighted by atomic mass is 10.1. The van der Waals surface area contributed by atoms with Crippen molar-refractivity contribution >= 4 is 11.7 Å². The zero-order valence-corrected chi connectivity index (χ0v) is 12.8. The van der Waals surface area contributed by atoms with Crippen LogP contribution in [0.5, 0.6) is 5.75 Å². The molecule has 0 unspecified atom stereocenters. The Hall–Kier alpha value is -2.60. The third-order valence-corrected chi connectivity index (χ3v) is 3.16. The van der Waals surface area contributed by atoms with E-state index in [2.05, 4.69) is 10.6 Å². The summed E-state index contributed by atoms with van der Waals surface area (Å²) >= 11 is 0. The van der Waals surface area contributed by atoms with Crippen LogP contribution in [0.2, 0.25) is 0 Å². The van der Waals surface area contributed by atoms with Crippen LogP contribution in [0.25, 0.3) is 0 Å². The Kier molecular flexibility index (Phi) is 5.94. The van der Waals surface area contributed by atoms with E-state index in [0.717, 1.165) is 0 Å². The standard InChI is InChI=1S/C17H19FN2O3/c1-2-23-16-10-6-5-9-14(16)20-17(22)19-11-15(21)12-7-3-4-8-13(12)18/h3-10,15,21H,2,11H2,1H3,(H2,19,20,22)/t15-/m1/s1. The van der Waals surface area contributed by atoms with Gasteiger partial charge in [0, 0.05) is 12.1 Å². The van der Waals surface area contributed by atoms with Gasteiger partial charge in [-0.2, -0.15) is 0 Å². The molecule has 0 aliphatic rings. The fourth-order valence-electron chi connectivity index (χ4n) is 2.06. The topological polar surface area (TPSA) is 70.6 Å². The second-order valence-electron chi connectivity index (χ2n) is 4.80. The number of rotatable bonds is 6. The molecule has 2 aromatic carbocycles. The lowest BCUT2D eigenvalue weighted by Gasteiger charge is -2.15. The fourth-order valence-corrected chi connectivity index (χ4v) is 2.06. The highest BCUT2D eigenvalue weighted by molar-refractivity contribution is 5.90. The second kappa shape index (κ2) is 8.14. The largest absolute Gasteiger partial charge is 0.492 e. The van der Waals surface area contributed by atoms with Gasteiger partial charge in [-0.3, -0.25) is 0 Å². The van der Waals surface area contributed by atoms with Crippen LogP contribution in [0.15, 0.2) is 48.5 Å². The van der Waals surface area contributed by atoms with Gasteiger partial charge in [-0.05, 0) is 25.1 Å². The van der Waals surface area contributed by atoms with E-state index in [4.69, 9.17) is 4.74 Å². The summed E-state index contributed by atoms with van der Waals surface area (Å²) in [7, 11) is 0. The van der Waals surface area contributed by atoms with Crippen molar-refractivity contribution in [1.29, 1.82) is 0 Å². The Labute approximate surface area is 134 Å². The molecule has 0 fully saturated rings. The molecule has 0 aliphatic heterocycles. The predicted octanol–water partition coefficient (Wildman–Crippen LogP) is 3.08. The van der Waals surface area contributed by atoms with Gasteiger partial charge in [-0.25, -0.2) is 9.18 Å². The lowest BCUT2D eigenvalue weighted by molar-refractivity contribution is 0.170. The predicted molar refractivity (Wildman–Crippen MR) is 86.0 cm³/mol. The van der Waals surface area contributed by atoms with Crippen LogP contribution in [0.1, 0.15) is 18.6 Å². The Morgan fingerprint density at radius 2 is 1.91 bits per heavy atom. The van der Waals surface area contributed by atoms with Crippen LogP contribution in [0.4, 0.5) is 14.9 Å². The van der Waals surface area contributed by atoms with Gasteiger partial charge in [0.25, 0.3) is 0 Å². The molecular weight excluding hydrogens is 299 g/mol. The van der Waals surface area contributed by atoms with Crippen LogP contribution < -0.4 is 15.4 Å². The smallest absolute Gasteiger partial charge is 0.319 e. The van der Waals surface area contributed by atoms with E-state index in [-0.39, 0.29) is 12.1 Å². The molecule has 0 spiro atoms. The van der Waals surface area contributed by atoms with Crippen molar-refractivity contribution in [2.24, 2.45) is 0 Å². The molecule has 5 nitrogen and oxygen atoms in total. The van der Waals surface area contributed by atoms with Crippen LogP contribution in [-0.4, -0.2) is 24.3 Å². The quantitative estimate of drug-likeness (QED) is 0.766. The van der Waals surface area contributed by atoms with Gasteiger partial charge in [0.15, 0.2) is 0 Å². The van der Waals surface area contributed by atoms with Crippen molar-refractivity contribution in [1.82, 2.24) is 5.32 Å². The molecule has 0 aromatic heterocycles. The molecular formula is C17H19FN2O3. The molecule has 0 radical (unpaired) electrons. The van der Waals surface area contributed by atoms with E-state index >= 15 is 0 Å². The van der Waals surface area contributed by atoms with Gasteiger partial charge in [-0.1, -0.05) is 30.3 Å². The summed E-state index contributed by atoms with van der Waals surface area (Å²) in [6.07, 6.45) is -1.12. The first-order valence-electron chi connectivity index (χ1n) is 7.31. The van der Waals surface area contributed by atoms with E-state index in [1.54, 1.807) is 30.3 Å². The maximum atomic E-state index is 13.5. The van der Waals surface area contributed by atoms with Crippen molar-refractivity contribution in [2.75, 3.05) is 18.5 Å². The molecule has 0 saturated carbocycles. The highest BCUT2D eigenvalue weighted by Crippen LogP contribution is 2.23. The third kappa shape index (κ3) is 4.69. The van der Waals surface area contributed by atoms with Crippen molar-refractivity contribution in [3.05, 3.63) is 59.9 Å². The highest BCUT2D eigenvalue weighted by atomic mass is 19.1. The van der Waals surface area contributed by atoms with E-state index < -0.39 is 18.0 Å². The number of aliphatic hydroxyl groups is 1. The number of para-hydroxylation sites is 2. The van der Waals surface area contributed by atoms with Crippen molar-refractivity contribution in [3.63, 3.8) is 0 Å². The minimum Gasteiger partial charge on any atom is -0.492 e. The molecule has 0 bridgehead atoms. The van der Waals surface area contributed by atoms with Gasteiger partial charge < -0.3 is 20.5 Å². The number of nitrogens with one attached hydrogen (secondary N) is 2. The molecule has 2 rings (SSSR count). The molecule has 0 heterocycles. The Bertz CT molecular complexity index is 664. The van der Waals surface area contributed by atoms with Gasteiger partial charge in [0.1, 0.15) is 11.6 Å². The average Bonchev–Trinajstić information content (AvgIpc) is 2.55. The minimum atomic E-state index is -1.12. The number of hydrogen-bond acceptors (Lipinski definition) is 3. The maximum Gasteiger partial charge on any atom is 0.319 e. The molecule has 6 heteroatoms. The van der Waals surface area contributed by atoms with Gasteiger partial charge in [-0.15, -0.1) is 0 Å². The van der Waals surface area contributed by atoms with Gasteiger partial charge in [0.05, 0.1) is 18.4 Å². The van der Waals surface area contributed by atoms with E-state index in [0.29, 0.717) is 18.0 Å². The fraction of sp³-hybridized carbons (Fsp3) is 0.235. The summed E-state index contributed by atoms with van der Waals surface area (Å²) in [6.45, 7) is 2.22. The van der Waals surface area contributed by atoms with E-state index in [9.17, 15) is 14.3 Å². The van der Waals surface area contributed by atoms with Gasteiger partial charge in [0.2, 0.25) is 0 Å². The number of amides is 2. The summed E-state index contributed by atoms with van der Waals surface area (Å²) in [5.41, 5.74) is 0.662. The molecule has 0 aliphatic carbocycles. The number of carbonyl (C=O) groups excluding carboxylic acids is 1. The number of ether oxygens (including phenoxy) is 1. The Balaban J connectivity index is 1.92. The van der Waals surface area contributed by atoms with Crippen LogP contribution in [0, 0.1) is 5.82 Å². The number of benzene rings is 2. The first-order chi connectivity index (χ1) is 11.1. The lowest BCUT2D eigenvalue weighted by Crippen LogP contribution is -2.32. The van der Waals surface area contributed by atoms with Crippen molar-refractivity contribution in [3.8, 4) is 5.75 Å². The number of anilines is 1. The summed E-state index contributed by atoms with van der Waals surface area (Å²) in [6, 6.07) is 12.4. The highest BCUT2D eigenvalue weighted by Gasteiger charge is 2.14. The molecule has 23 heavy (non-hydrogen) atoms. The molecule has 0 saturated heterocycles. The van der Waals surface area contributed by atoms with E-state index in [1.807, 2.05) is 6.92 Å². The molecule has 122 valence electrons. The summed E-state index contributed by atoms with van der Waals surface area (Å²) in [5.74, 6) is 0.0451. The zero-order chi connectivity index (χ0) is 16.7. The maximum absolute atomic E-state index is 13.5. The zero-order valence-electron chi connectivity index (χ0n) is 12.8. The molecule has 2 amide bonds. The van der Waals surface area contributed by atoms with Crippen LogP contribution in [0.3, 0.4) is 0 Å². The normalized spacial score (nSPS) is 11.6. The number of aliphatic hydroxyl groups excluding tert-OH is 1. The number of halogens is 1. The monoisotopic (exact) mass is 318 g/mol. The van der Waals surface area contributed by atoms with Crippen molar-refractivity contribution < 1.29 is 19.0 Å². The van der Waals surface area contributed by atoms with Crippen LogP contribution >= 0.6 is 0 Å². The molecule has 2 aromatic rings. The third-order valence-electron chi connectivity index (χ3n) is 3.16. The average molecular weight is 318 g/mol. The van der Waals surface area contributed by atoms with Crippen molar-refractivity contribution in [2.45, 2.75) is 13.0 Å². The number of carbonyl (C=O) groups is 1. The minimum absolute atomic E-state index is 0.108.